The third kappa shape index (κ3) is 5.58. The van der Waals surface area contributed by atoms with Gasteiger partial charge in [-0.2, -0.15) is 4.98 Å². The predicted molar refractivity (Wildman–Crippen MR) is 124 cm³/mol. The number of carbonyl (C=O) groups is 2. The van der Waals surface area contributed by atoms with E-state index < -0.39 is 5.97 Å². The Morgan fingerprint density at radius 1 is 1.18 bits per heavy atom. The van der Waals surface area contributed by atoms with Crippen molar-refractivity contribution in [3.8, 4) is 11.4 Å². The standard InChI is InChI=1S/C24H25ClN4O4/c1-15-3-5-16(6-4-15)22-27-21(33-28-22)14-29-11-9-17(10-12-29)23(30)26-18-7-8-20(25)19(13-18)24(31)32-2/h3-8,13,17H,9-12,14H2,1-2H3,(H,26,30). The first-order chi connectivity index (χ1) is 15.9. The number of amides is 1. The molecule has 0 unspecified atom stereocenters. The Morgan fingerprint density at radius 3 is 2.61 bits per heavy atom. The van der Waals surface area contributed by atoms with E-state index >= 15 is 0 Å². The first kappa shape index (κ1) is 22.9. The molecule has 1 aliphatic heterocycles. The van der Waals surface area contributed by atoms with Gasteiger partial charge >= 0.3 is 5.97 Å². The van der Waals surface area contributed by atoms with Crippen LogP contribution >= 0.6 is 11.6 Å². The fourth-order valence-electron chi connectivity index (χ4n) is 3.80. The monoisotopic (exact) mass is 468 g/mol. The van der Waals surface area contributed by atoms with E-state index in [1.54, 1.807) is 12.1 Å². The summed E-state index contributed by atoms with van der Waals surface area (Å²) in [5.74, 6) is 0.394. The van der Waals surface area contributed by atoms with Gasteiger partial charge < -0.3 is 14.6 Å². The predicted octanol–water partition coefficient (Wildman–Crippen LogP) is 4.34. The highest BCUT2D eigenvalue weighted by molar-refractivity contribution is 6.33. The summed E-state index contributed by atoms with van der Waals surface area (Å²) >= 11 is 6.04. The quantitative estimate of drug-likeness (QED) is 0.537. The lowest BCUT2D eigenvalue weighted by molar-refractivity contribution is -0.121. The molecule has 4 rings (SSSR count). The number of anilines is 1. The van der Waals surface area contributed by atoms with Crippen molar-refractivity contribution in [3.63, 3.8) is 0 Å². The largest absolute Gasteiger partial charge is 0.465 e. The van der Waals surface area contributed by atoms with Crippen LogP contribution in [0.2, 0.25) is 5.02 Å². The third-order valence-corrected chi connectivity index (χ3v) is 6.06. The zero-order chi connectivity index (χ0) is 23.4. The van der Waals surface area contributed by atoms with E-state index in [4.69, 9.17) is 20.9 Å². The van der Waals surface area contributed by atoms with Crippen molar-refractivity contribution in [3.05, 3.63) is 64.5 Å². The molecule has 9 heteroatoms. The molecular weight excluding hydrogens is 444 g/mol. The Bertz CT molecular complexity index is 1140. The Morgan fingerprint density at radius 2 is 1.91 bits per heavy atom. The molecule has 1 amide bonds. The van der Waals surface area contributed by atoms with Gasteiger partial charge in [-0.15, -0.1) is 0 Å². The van der Waals surface area contributed by atoms with Gasteiger partial charge in [0, 0.05) is 17.2 Å². The highest BCUT2D eigenvalue weighted by atomic mass is 35.5. The molecule has 172 valence electrons. The van der Waals surface area contributed by atoms with Crippen LogP contribution in [0.1, 0.15) is 34.7 Å². The molecule has 0 bridgehead atoms. The van der Waals surface area contributed by atoms with Gasteiger partial charge in [-0.25, -0.2) is 4.79 Å². The van der Waals surface area contributed by atoms with E-state index in [9.17, 15) is 9.59 Å². The first-order valence-electron chi connectivity index (χ1n) is 10.7. The zero-order valence-corrected chi connectivity index (χ0v) is 19.3. The zero-order valence-electron chi connectivity index (χ0n) is 18.5. The van der Waals surface area contributed by atoms with E-state index in [1.807, 2.05) is 31.2 Å². The van der Waals surface area contributed by atoms with Crippen LogP contribution < -0.4 is 5.32 Å². The summed E-state index contributed by atoms with van der Waals surface area (Å²) in [5.41, 5.74) is 2.83. The Hall–Kier alpha value is -3.23. The van der Waals surface area contributed by atoms with Gasteiger partial charge in [0.05, 0.1) is 24.2 Å². The van der Waals surface area contributed by atoms with Crippen LogP contribution in [0.25, 0.3) is 11.4 Å². The number of benzene rings is 2. The number of aromatic nitrogens is 2. The maximum atomic E-state index is 12.7. The van der Waals surface area contributed by atoms with Crippen molar-refractivity contribution < 1.29 is 18.8 Å². The Kier molecular flexibility index (Phi) is 7.05. The third-order valence-electron chi connectivity index (χ3n) is 5.73. The number of nitrogens with one attached hydrogen (secondary N) is 1. The van der Waals surface area contributed by atoms with Gasteiger partial charge in [0.1, 0.15) is 0 Å². The van der Waals surface area contributed by atoms with Crippen molar-refractivity contribution in [2.24, 2.45) is 5.92 Å². The molecule has 0 radical (unpaired) electrons. The van der Waals surface area contributed by atoms with Crippen molar-refractivity contribution in [2.75, 3.05) is 25.5 Å². The first-order valence-corrected chi connectivity index (χ1v) is 11.1. The molecule has 0 atom stereocenters. The molecule has 2 heterocycles. The Labute approximate surface area is 196 Å². The van der Waals surface area contributed by atoms with Crippen LogP contribution in [0.15, 0.2) is 47.0 Å². The van der Waals surface area contributed by atoms with E-state index in [0.717, 1.165) is 18.7 Å². The lowest BCUT2D eigenvalue weighted by Gasteiger charge is -2.30. The summed E-state index contributed by atoms with van der Waals surface area (Å²) in [7, 11) is 1.29. The maximum Gasteiger partial charge on any atom is 0.339 e. The lowest BCUT2D eigenvalue weighted by atomic mass is 9.95. The van der Waals surface area contributed by atoms with Crippen molar-refractivity contribution in [1.82, 2.24) is 15.0 Å². The maximum absolute atomic E-state index is 12.7. The molecule has 0 spiro atoms. The highest BCUT2D eigenvalue weighted by Gasteiger charge is 2.26. The number of rotatable bonds is 6. The van der Waals surface area contributed by atoms with Crippen molar-refractivity contribution in [1.29, 1.82) is 0 Å². The molecule has 1 N–H and O–H groups in total. The van der Waals surface area contributed by atoms with Crippen molar-refractivity contribution >= 4 is 29.2 Å². The summed E-state index contributed by atoms with van der Waals surface area (Å²) in [6.45, 7) is 4.07. The minimum absolute atomic E-state index is 0.0766. The van der Waals surface area contributed by atoms with Crippen LogP contribution in [0, 0.1) is 12.8 Å². The van der Waals surface area contributed by atoms with Gasteiger partial charge in [-0.3, -0.25) is 9.69 Å². The number of esters is 1. The topological polar surface area (TPSA) is 97.6 Å². The van der Waals surface area contributed by atoms with E-state index in [2.05, 4.69) is 20.4 Å². The van der Waals surface area contributed by atoms with E-state index in [-0.39, 0.29) is 22.4 Å². The number of ether oxygens (including phenoxy) is 1. The molecule has 1 fully saturated rings. The molecule has 2 aromatic carbocycles. The summed E-state index contributed by atoms with van der Waals surface area (Å²) in [4.78, 5) is 31.3. The second-order valence-corrected chi connectivity index (χ2v) is 8.51. The SMILES string of the molecule is COC(=O)c1cc(NC(=O)C2CCN(Cc3nc(-c4ccc(C)cc4)no3)CC2)ccc1Cl. The molecule has 1 aliphatic rings. The van der Waals surface area contributed by atoms with Gasteiger partial charge in [-0.05, 0) is 51.1 Å². The summed E-state index contributed by atoms with van der Waals surface area (Å²) in [5, 5.41) is 7.25. The number of halogens is 1. The Balaban J connectivity index is 1.30. The number of carbonyl (C=O) groups excluding carboxylic acids is 2. The minimum atomic E-state index is -0.545. The number of nitrogens with zero attached hydrogens (tertiary/aromatic N) is 3. The smallest absolute Gasteiger partial charge is 0.339 e. The van der Waals surface area contributed by atoms with Gasteiger partial charge in [0.25, 0.3) is 0 Å². The summed E-state index contributed by atoms with van der Waals surface area (Å²) < 4.78 is 10.2. The van der Waals surface area contributed by atoms with Crippen LogP contribution in [0.3, 0.4) is 0 Å². The van der Waals surface area contributed by atoms with Gasteiger partial charge in [0.2, 0.25) is 17.6 Å². The lowest BCUT2D eigenvalue weighted by Crippen LogP contribution is -2.37. The fourth-order valence-corrected chi connectivity index (χ4v) is 3.99. The van der Waals surface area contributed by atoms with E-state index in [1.165, 1.54) is 18.7 Å². The minimum Gasteiger partial charge on any atom is -0.465 e. The molecule has 1 aromatic heterocycles. The second kappa shape index (κ2) is 10.1. The molecule has 33 heavy (non-hydrogen) atoms. The second-order valence-electron chi connectivity index (χ2n) is 8.10. The molecular formula is C24H25ClN4O4. The van der Waals surface area contributed by atoms with E-state index in [0.29, 0.717) is 36.8 Å². The number of hydrogen-bond acceptors (Lipinski definition) is 7. The molecule has 0 aliphatic carbocycles. The van der Waals surface area contributed by atoms with Crippen LogP contribution in [-0.2, 0) is 16.1 Å². The van der Waals surface area contributed by atoms with Gasteiger partial charge in [-0.1, -0.05) is 46.6 Å². The molecule has 1 saturated heterocycles. The molecule has 8 nitrogen and oxygen atoms in total. The summed E-state index contributed by atoms with van der Waals surface area (Å²) in [6.07, 6.45) is 1.42. The summed E-state index contributed by atoms with van der Waals surface area (Å²) in [6, 6.07) is 12.8. The normalized spacial score (nSPS) is 14.8. The van der Waals surface area contributed by atoms with Crippen LogP contribution in [-0.4, -0.2) is 47.1 Å². The highest BCUT2D eigenvalue weighted by Crippen LogP contribution is 2.25. The number of methoxy groups -OCH3 is 1. The number of hydrogen-bond donors (Lipinski definition) is 1. The number of likely N-dealkylation sites (tertiary alicyclic amines) is 1. The fraction of sp³-hybridized carbons (Fsp3) is 0.333. The molecule has 3 aromatic rings. The number of piperidine rings is 1. The number of aryl methyl sites for hydroxylation is 1. The average Bonchev–Trinajstić information content (AvgIpc) is 3.29. The molecule has 0 saturated carbocycles. The average molecular weight is 469 g/mol. The van der Waals surface area contributed by atoms with Crippen molar-refractivity contribution in [2.45, 2.75) is 26.3 Å². The van der Waals surface area contributed by atoms with Crippen LogP contribution in [0.4, 0.5) is 5.69 Å². The van der Waals surface area contributed by atoms with Crippen LogP contribution in [0.5, 0.6) is 0 Å². The van der Waals surface area contributed by atoms with Gasteiger partial charge in [0.15, 0.2) is 0 Å².